The summed E-state index contributed by atoms with van der Waals surface area (Å²) in [7, 11) is 0. The second-order valence-electron chi connectivity index (χ2n) is 5.71. The maximum Gasteiger partial charge on any atom is 0.337 e. The van der Waals surface area contributed by atoms with E-state index in [1.54, 1.807) is 5.38 Å². The minimum absolute atomic E-state index is 0.207. The van der Waals surface area contributed by atoms with Crippen molar-refractivity contribution in [1.29, 1.82) is 0 Å². The summed E-state index contributed by atoms with van der Waals surface area (Å²) in [6.45, 7) is 1.41. The second kappa shape index (κ2) is 8.08. The lowest BCUT2D eigenvalue weighted by Crippen LogP contribution is -2.08. The predicted molar refractivity (Wildman–Crippen MR) is 87.8 cm³/mol. The van der Waals surface area contributed by atoms with Crippen LogP contribution in [0.25, 0.3) is 5.57 Å². The van der Waals surface area contributed by atoms with Crippen LogP contribution < -0.4 is 5.32 Å². The minimum atomic E-state index is -0.957. The molecule has 0 saturated heterocycles. The lowest BCUT2D eigenvalue weighted by Gasteiger charge is -2.16. The van der Waals surface area contributed by atoms with Crippen molar-refractivity contribution in [2.45, 2.75) is 51.9 Å². The fraction of sp³-hybridized carbons (Fsp3) is 0.562. The standard InChI is InChI=1S/C16H22N2O3S/c1-11(19)17-16-18-14(10-22-16)13(15(20)21)9-12-7-5-3-2-4-6-8-12/h9-10,12H,2-8H2,1H3,(H,20,21)(H,17,18,19)/b13-9+. The Bertz CT molecular complexity index is 557. The van der Waals surface area contributed by atoms with Gasteiger partial charge >= 0.3 is 5.97 Å². The molecule has 6 heteroatoms. The molecule has 0 atom stereocenters. The number of aromatic nitrogens is 1. The number of nitrogens with one attached hydrogen (secondary N) is 1. The SMILES string of the molecule is CC(=O)Nc1nc(/C(=C\C2CCCCCCC2)C(=O)O)cs1. The van der Waals surface area contributed by atoms with E-state index < -0.39 is 5.97 Å². The monoisotopic (exact) mass is 322 g/mol. The van der Waals surface area contributed by atoms with Crippen LogP contribution in [0.4, 0.5) is 5.13 Å². The van der Waals surface area contributed by atoms with Crippen molar-refractivity contribution in [1.82, 2.24) is 4.98 Å². The van der Waals surface area contributed by atoms with E-state index in [0.29, 0.717) is 16.7 Å². The summed E-state index contributed by atoms with van der Waals surface area (Å²) in [6.07, 6.45) is 10.0. The molecule has 22 heavy (non-hydrogen) atoms. The van der Waals surface area contributed by atoms with Gasteiger partial charge < -0.3 is 10.4 Å². The van der Waals surface area contributed by atoms with Crippen LogP contribution in [0.1, 0.15) is 57.6 Å². The molecular formula is C16H22N2O3S. The molecule has 0 spiro atoms. The number of amides is 1. The summed E-state index contributed by atoms with van der Waals surface area (Å²) in [5.74, 6) is -0.860. The average molecular weight is 322 g/mol. The number of carboxylic acids is 1. The highest BCUT2D eigenvalue weighted by Crippen LogP contribution is 2.28. The number of hydrogen-bond donors (Lipinski definition) is 2. The molecule has 1 amide bonds. The third-order valence-corrected chi connectivity index (χ3v) is 4.60. The van der Waals surface area contributed by atoms with E-state index in [0.717, 1.165) is 25.7 Å². The first-order chi connectivity index (χ1) is 10.6. The lowest BCUT2D eigenvalue weighted by molar-refractivity contribution is -0.130. The minimum Gasteiger partial charge on any atom is -0.478 e. The molecule has 0 unspecified atom stereocenters. The number of anilines is 1. The Hall–Kier alpha value is -1.69. The Labute approximate surface area is 134 Å². The lowest BCUT2D eigenvalue weighted by atomic mass is 9.89. The molecule has 120 valence electrons. The van der Waals surface area contributed by atoms with Crippen molar-refractivity contribution in [2.75, 3.05) is 5.32 Å². The van der Waals surface area contributed by atoms with Gasteiger partial charge in [-0.1, -0.05) is 38.2 Å². The molecule has 2 N–H and O–H groups in total. The van der Waals surface area contributed by atoms with Crippen molar-refractivity contribution in [3.05, 3.63) is 17.2 Å². The zero-order valence-corrected chi connectivity index (χ0v) is 13.6. The molecule has 1 saturated carbocycles. The Balaban J connectivity index is 2.17. The van der Waals surface area contributed by atoms with E-state index >= 15 is 0 Å². The van der Waals surface area contributed by atoms with Crippen LogP contribution >= 0.6 is 11.3 Å². The summed E-state index contributed by atoms with van der Waals surface area (Å²) in [5, 5.41) is 14.2. The van der Waals surface area contributed by atoms with E-state index in [9.17, 15) is 14.7 Å². The van der Waals surface area contributed by atoms with Gasteiger partial charge in [-0.3, -0.25) is 4.79 Å². The number of rotatable bonds is 4. The molecule has 0 radical (unpaired) electrons. The third-order valence-electron chi connectivity index (χ3n) is 3.85. The van der Waals surface area contributed by atoms with Gasteiger partial charge in [-0.25, -0.2) is 9.78 Å². The summed E-state index contributed by atoms with van der Waals surface area (Å²) < 4.78 is 0. The summed E-state index contributed by atoms with van der Waals surface area (Å²) in [6, 6.07) is 0. The van der Waals surface area contributed by atoms with Gasteiger partial charge in [-0.15, -0.1) is 11.3 Å². The van der Waals surface area contributed by atoms with Crippen LogP contribution in [-0.4, -0.2) is 22.0 Å². The highest BCUT2D eigenvalue weighted by atomic mass is 32.1. The van der Waals surface area contributed by atoms with Gasteiger partial charge in [0, 0.05) is 12.3 Å². The predicted octanol–water partition coefficient (Wildman–Crippen LogP) is 3.93. The summed E-state index contributed by atoms with van der Waals surface area (Å²) >= 11 is 1.25. The molecule has 1 aliphatic carbocycles. The molecule has 2 rings (SSSR count). The zero-order chi connectivity index (χ0) is 15.9. The first-order valence-corrected chi connectivity index (χ1v) is 8.63. The van der Waals surface area contributed by atoms with Crippen molar-refractivity contribution in [3.8, 4) is 0 Å². The number of thiazole rings is 1. The van der Waals surface area contributed by atoms with Gasteiger partial charge in [-0.2, -0.15) is 0 Å². The molecule has 1 heterocycles. The van der Waals surface area contributed by atoms with Crippen molar-refractivity contribution in [3.63, 3.8) is 0 Å². The van der Waals surface area contributed by atoms with Crippen LogP contribution in [-0.2, 0) is 9.59 Å². The second-order valence-corrected chi connectivity index (χ2v) is 6.57. The van der Waals surface area contributed by atoms with E-state index in [4.69, 9.17) is 0 Å². The van der Waals surface area contributed by atoms with E-state index in [1.807, 2.05) is 6.08 Å². The third kappa shape index (κ3) is 4.94. The van der Waals surface area contributed by atoms with Crippen LogP contribution in [0.5, 0.6) is 0 Å². The molecule has 0 aliphatic heterocycles. The van der Waals surface area contributed by atoms with Crippen LogP contribution in [0.15, 0.2) is 11.5 Å². The quantitative estimate of drug-likeness (QED) is 0.823. The zero-order valence-electron chi connectivity index (χ0n) is 12.8. The Kier molecular flexibility index (Phi) is 6.12. The molecule has 1 aliphatic rings. The fourth-order valence-corrected chi connectivity index (χ4v) is 3.52. The number of carbonyl (C=O) groups is 2. The topological polar surface area (TPSA) is 79.3 Å². The van der Waals surface area contributed by atoms with Gasteiger partial charge in [0.05, 0.1) is 11.3 Å². The Morgan fingerprint density at radius 3 is 2.50 bits per heavy atom. The number of allylic oxidation sites excluding steroid dienone is 1. The Morgan fingerprint density at radius 2 is 1.91 bits per heavy atom. The summed E-state index contributed by atoms with van der Waals surface area (Å²) in [4.78, 5) is 26.8. The smallest absolute Gasteiger partial charge is 0.337 e. The van der Waals surface area contributed by atoms with Crippen molar-refractivity contribution in [2.24, 2.45) is 5.92 Å². The number of carbonyl (C=O) groups excluding carboxylic acids is 1. The van der Waals surface area contributed by atoms with Crippen LogP contribution in [0, 0.1) is 5.92 Å². The Morgan fingerprint density at radius 1 is 1.27 bits per heavy atom. The molecule has 1 fully saturated rings. The largest absolute Gasteiger partial charge is 0.478 e. The van der Waals surface area contributed by atoms with Crippen LogP contribution in [0.3, 0.4) is 0 Å². The molecule has 1 aromatic rings. The van der Waals surface area contributed by atoms with Gasteiger partial charge in [-0.05, 0) is 18.8 Å². The first kappa shape index (κ1) is 16.7. The van der Waals surface area contributed by atoms with E-state index in [-0.39, 0.29) is 11.5 Å². The van der Waals surface area contributed by atoms with Gasteiger partial charge in [0.2, 0.25) is 5.91 Å². The molecule has 1 aromatic heterocycles. The normalized spacial score (nSPS) is 17.6. The molecule has 0 bridgehead atoms. The molecule has 5 nitrogen and oxygen atoms in total. The number of aliphatic carboxylic acids is 1. The van der Waals surface area contributed by atoms with Gasteiger partial charge in [0.15, 0.2) is 5.13 Å². The fourth-order valence-electron chi connectivity index (χ4n) is 2.76. The highest BCUT2D eigenvalue weighted by Gasteiger charge is 2.18. The van der Waals surface area contributed by atoms with E-state index in [1.165, 1.54) is 37.5 Å². The van der Waals surface area contributed by atoms with Crippen molar-refractivity contribution >= 4 is 33.9 Å². The van der Waals surface area contributed by atoms with Crippen LogP contribution in [0.2, 0.25) is 0 Å². The maximum atomic E-state index is 11.6. The molecule has 0 aromatic carbocycles. The summed E-state index contributed by atoms with van der Waals surface area (Å²) in [5.41, 5.74) is 0.682. The van der Waals surface area contributed by atoms with Gasteiger partial charge in [0.25, 0.3) is 0 Å². The van der Waals surface area contributed by atoms with E-state index in [2.05, 4.69) is 10.3 Å². The number of carboxylic acid groups (broad SMARTS) is 1. The first-order valence-electron chi connectivity index (χ1n) is 7.75. The number of hydrogen-bond acceptors (Lipinski definition) is 4. The van der Waals surface area contributed by atoms with Crippen molar-refractivity contribution < 1.29 is 14.7 Å². The molecular weight excluding hydrogens is 300 g/mol. The maximum absolute atomic E-state index is 11.6. The highest BCUT2D eigenvalue weighted by molar-refractivity contribution is 7.14. The van der Waals surface area contributed by atoms with Gasteiger partial charge in [0.1, 0.15) is 0 Å². The average Bonchev–Trinajstić information content (AvgIpc) is 2.84. The number of nitrogens with zero attached hydrogens (tertiary/aromatic N) is 1.